The quantitative estimate of drug-likeness (QED) is 0.451. The van der Waals surface area contributed by atoms with Crippen molar-refractivity contribution in [3.8, 4) is 0 Å². The van der Waals surface area contributed by atoms with E-state index in [4.69, 9.17) is 11.6 Å². The minimum atomic E-state index is -1.03. The van der Waals surface area contributed by atoms with E-state index in [-0.39, 0.29) is 27.6 Å². The number of nitrogens with zero attached hydrogens (tertiary/aromatic N) is 3. The topological polar surface area (TPSA) is 119 Å². The van der Waals surface area contributed by atoms with Crippen LogP contribution in [-0.4, -0.2) is 45.4 Å². The Hall–Kier alpha value is -3.21. The lowest BCUT2D eigenvalue weighted by molar-refractivity contribution is -0.116. The van der Waals surface area contributed by atoms with E-state index in [0.29, 0.717) is 24.5 Å². The van der Waals surface area contributed by atoms with Crippen LogP contribution < -0.4 is 16.0 Å². The lowest BCUT2D eigenvalue weighted by Gasteiger charge is -2.13. The molecule has 0 unspecified atom stereocenters. The summed E-state index contributed by atoms with van der Waals surface area (Å²) in [6, 6.07) is 5.63. The summed E-state index contributed by atoms with van der Waals surface area (Å²) in [6.45, 7) is 2.79. The summed E-state index contributed by atoms with van der Waals surface area (Å²) in [6.07, 6.45) is 1.43. The highest BCUT2D eigenvalue weighted by atomic mass is 35.5. The second kappa shape index (κ2) is 8.50. The molecule has 0 saturated heterocycles. The van der Waals surface area contributed by atoms with Crippen molar-refractivity contribution in [3.05, 3.63) is 50.8 Å². The van der Waals surface area contributed by atoms with Crippen LogP contribution in [0.25, 0.3) is 0 Å². The summed E-state index contributed by atoms with van der Waals surface area (Å²) in [4.78, 5) is 34.2. The standard InChI is InChI=1S/C20H19ClN6O3S/c1-10-9-31-17(19(29)30)16(10)25-18-13(21)6-22-20(26-18)23-12-4-3-11-7-27(2)8-15(28)24-14(11)5-12/h3-6,9H,7-8H2,1-2H3,(H,24,28)(H,29,30)(H2,22,23,25,26). The van der Waals surface area contributed by atoms with Crippen molar-refractivity contribution in [2.75, 3.05) is 29.5 Å². The molecule has 0 radical (unpaired) electrons. The number of aryl methyl sites for hydroxylation is 1. The molecule has 0 atom stereocenters. The van der Waals surface area contributed by atoms with Gasteiger partial charge in [0.05, 0.1) is 18.4 Å². The Morgan fingerprint density at radius 1 is 1.32 bits per heavy atom. The summed E-state index contributed by atoms with van der Waals surface area (Å²) >= 11 is 7.36. The number of halogens is 1. The molecule has 0 aliphatic carbocycles. The van der Waals surface area contributed by atoms with E-state index in [1.54, 1.807) is 12.3 Å². The first kappa shape index (κ1) is 21.0. The van der Waals surface area contributed by atoms with Gasteiger partial charge in [-0.3, -0.25) is 9.69 Å². The number of carboxylic acid groups (broad SMARTS) is 1. The van der Waals surface area contributed by atoms with E-state index in [2.05, 4.69) is 25.9 Å². The van der Waals surface area contributed by atoms with Crippen molar-refractivity contribution in [2.45, 2.75) is 13.5 Å². The third-order valence-electron chi connectivity index (χ3n) is 4.65. The van der Waals surface area contributed by atoms with E-state index >= 15 is 0 Å². The van der Waals surface area contributed by atoms with Gasteiger partial charge in [-0.25, -0.2) is 9.78 Å². The number of benzene rings is 1. The van der Waals surface area contributed by atoms with Gasteiger partial charge in [0.1, 0.15) is 9.90 Å². The van der Waals surface area contributed by atoms with Gasteiger partial charge in [0.2, 0.25) is 11.9 Å². The molecule has 0 saturated carbocycles. The van der Waals surface area contributed by atoms with E-state index in [0.717, 1.165) is 28.2 Å². The van der Waals surface area contributed by atoms with Crippen LogP contribution in [0.3, 0.4) is 0 Å². The highest BCUT2D eigenvalue weighted by Gasteiger charge is 2.19. The van der Waals surface area contributed by atoms with Crippen LogP contribution in [0.4, 0.5) is 28.8 Å². The summed E-state index contributed by atoms with van der Waals surface area (Å²) in [5, 5.41) is 20.4. The Morgan fingerprint density at radius 3 is 2.90 bits per heavy atom. The first-order valence-electron chi connectivity index (χ1n) is 9.29. The number of anilines is 5. The van der Waals surface area contributed by atoms with Crippen LogP contribution in [0.1, 0.15) is 20.8 Å². The fourth-order valence-electron chi connectivity index (χ4n) is 3.21. The minimum Gasteiger partial charge on any atom is -0.477 e. The highest BCUT2D eigenvalue weighted by Crippen LogP contribution is 2.33. The Labute approximate surface area is 187 Å². The molecule has 0 bridgehead atoms. The summed E-state index contributed by atoms with van der Waals surface area (Å²) in [5.41, 5.74) is 3.65. The number of rotatable bonds is 5. The van der Waals surface area contributed by atoms with Crippen LogP contribution in [-0.2, 0) is 11.3 Å². The maximum Gasteiger partial charge on any atom is 0.348 e. The van der Waals surface area contributed by atoms with Crippen molar-refractivity contribution < 1.29 is 14.7 Å². The number of carbonyl (C=O) groups is 2. The number of aromatic nitrogens is 2. The number of fused-ring (bicyclic) bond motifs is 1. The molecule has 11 heteroatoms. The zero-order valence-corrected chi connectivity index (χ0v) is 18.3. The molecule has 1 aliphatic heterocycles. The normalized spacial score (nSPS) is 13.8. The number of thiophene rings is 1. The van der Waals surface area contributed by atoms with Crippen LogP contribution >= 0.6 is 22.9 Å². The predicted molar refractivity (Wildman–Crippen MR) is 121 cm³/mol. The number of likely N-dealkylation sites (N-methyl/N-ethyl adjacent to an activating group) is 1. The molecule has 1 aromatic carbocycles. The molecule has 9 nitrogen and oxygen atoms in total. The maximum atomic E-state index is 12.0. The molecule has 0 fully saturated rings. The Morgan fingerprint density at radius 2 is 2.13 bits per heavy atom. The molecule has 1 amide bonds. The van der Waals surface area contributed by atoms with Crippen molar-refractivity contribution in [2.24, 2.45) is 0 Å². The number of hydrogen-bond donors (Lipinski definition) is 4. The Balaban J connectivity index is 1.59. The third kappa shape index (κ3) is 4.61. The van der Waals surface area contributed by atoms with Crippen LogP contribution in [0.15, 0.2) is 29.8 Å². The van der Waals surface area contributed by atoms with Gasteiger partial charge in [-0.1, -0.05) is 17.7 Å². The third-order valence-corrected chi connectivity index (χ3v) is 6.01. The molecule has 3 heterocycles. The zero-order chi connectivity index (χ0) is 22.1. The van der Waals surface area contributed by atoms with Crippen molar-refractivity contribution in [1.82, 2.24) is 14.9 Å². The maximum absolute atomic E-state index is 12.0. The average Bonchev–Trinajstić information content (AvgIpc) is 2.99. The lowest BCUT2D eigenvalue weighted by atomic mass is 10.1. The average molecular weight is 459 g/mol. The van der Waals surface area contributed by atoms with Gasteiger partial charge in [-0.15, -0.1) is 11.3 Å². The second-order valence-corrected chi connectivity index (χ2v) is 8.45. The fourth-order valence-corrected chi connectivity index (χ4v) is 4.19. The largest absolute Gasteiger partial charge is 0.477 e. The molecular formula is C20H19ClN6O3S. The van der Waals surface area contributed by atoms with Gasteiger partial charge in [0.15, 0.2) is 5.82 Å². The predicted octanol–water partition coefficient (Wildman–Crippen LogP) is 4.07. The number of nitrogens with one attached hydrogen (secondary N) is 3. The molecule has 2 aromatic heterocycles. The first-order valence-corrected chi connectivity index (χ1v) is 10.5. The fraction of sp³-hybridized carbons (Fsp3) is 0.200. The molecule has 31 heavy (non-hydrogen) atoms. The molecule has 4 rings (SSSR count). The summed E-state index contributed by atoms with van der Waals surface area (Å²) in [5.74, 6) is -0.545. The lowest BCUT2D eigenvalue weighted by Crippen LogP contribution is -2.26. The van der Waals surface area contributed by atoms with E-state index in [1.807, 2.05) is 30.1 Å². The van der Waals surface area contributed by atoms with Crippen LogP contribution in [0.5, 0.6) is 0 Å². The first-order chi connectivity index (χ1) is 14.8. The SMILES string of the molecule is Cc1csc(C(=O)O)c1Nc1nc(Nc2ccc3c(c2)NC(=O)CN(C)C3)ncc1Cl. The van der Waals surface area contributed by atoms with E-state index in [1.165, 1.54) is 6.20 Å². The molecule has 0 spiro atoms. The second-order valence-electron chi connectivity index (χ2n) is 7.16. The van der Waals surface area contributed by atoms with Gasteiger partial charge >= 0.3 is 5.97 Å². The van der Waals surface area contributed by atoms with Crippen LogP contribution in [0, 0.1) is 6.92 Å². The highest BCUT2D eigenvalue weighted by molar-refractivity contribution is 7.12. The molecule has 160 valence electrons. The number of hydrogen-bond acceptors (Lipinski definition) is 8. The van der Waals surface area contributed by atoms with E-state index < -0.39 is 5.97 Å². The van der Waals surface area contributed by atoms with Gasteiger partial charge in [-0.05, 0) is 42.6 Å². The van der Waals surface area contributed by atoms with Crippen molar-refractivity contribution in [1.29, 1.82) is 0 Å². The van der Waals surface area contributed by atoms with Gasteiger partial charge in [0.25, 0.3) is 0 Å². The van der Waals surface area contributed by atoms with Crippen molar-refractivity contribution >= 4 is 63.6 Å². The number of carboxylic acids is 1. The van der Waals surface area contributed by atoms with E-state index in [9.17, 15) is 14.7 Å². The number of aromatic carboxylic acids is 1. The Bertz CT molecular complexity index is 1180. The monoisotopic (exact) mass is 458 g/mol. The minimum absolute atomic E-state index is 0.0759. The van der Waals surface area contributed by atoms with Gasteiger partial charge < -0.3 is 21.1 Å². The molecule has 4 N–H and O–H groups in total. The molecule has 1 aliphatic rings. The molecule has 3 aromatic rings. The zero-order valence-electron chi connectivity index (χ0n) is 16.7. The number of amides is 1. The van der Waals surface area contributed by atoms with Gasteiger partial charge in [-0.2, -0.15) is 4.98 Å². The Kier molecular flexibility index (Phi) is 5.77. The van der Waals surface area contributed by atoms with Crippen molar-refractivity contribution in [3.63, 3.8) is 0 Å². The number of carbonyl (C=O) groups excluding carboxylic acids is 1. The summed E-state index contributed by atoms with van der Waals surface area (Å²) in [7, 11) is 1.89. The van der Waals surface area contributed by atoms with Gasteiger partial charge in [0, 0.05) is 17.9 Å². The molecular weight excluding hydrogens is 440 g/mol. The van der Waals surface area contributed by atoms with Crippen LogP contribution in [0.2, 0.25) is 5.02 Å². The summed E-state index contributed by atoms with van der Waals surface area (Å²) < 4.78 is 0. The smallest absolute Gasteiger partial charge is 0.348 e.